The first-order chi connectivity index (χ1) is 5.79. The molecule has 0 aliphatic rings. The summed E-state index contributed by atoms with van der Waals surface area (Å²) in [7, 11) is 1.90. The average Bonchev–Trinajstić information content (AvgIpc) is 2.64. The van der Waals surface area contributed by atoms with Gasteiger partial charge in [-0.2, -0.15) is 20.5 Å². The zero-order chi connectivity index (χ0) is 8.55. The zero-order valence-electron chi connectivity index (χ0n) is 7.35. The van der Waals surface area contributed by atoms with Crippen LogP contribution in [0, 0.1) is 6.92 Å². The van der Waals surface area contributed by atoms with Crippen LogP contribution < -0.4 is 0 Å². The zero-order valence-corrected chi connectivity index (χ0v) is 8.17. The standard InChI is InChI=1S/C7H9N5.ClH/c1-5-6(3-9-12(5)2)7-4-8-11-10-7;/h3-4H,1-2H3,(H,8,10,11);1H. The van der Waals surface area contributed by atoms with E-state index in [0.29, 0.717) is 0 Å². The van der Waals surface area contributed by atoms with E-state index in [2.05, 4.69) is 20.5 Å². The lowest BCUT2D eigenvalue weighted by molar-refractivity contribution is 0.740. The molecule has 0 bridgehead atoms. The lowest BCUT2D eigenvalue weighted by Gasteiger charge is -1.94. The molecule has 0 unspecified atom stereocenters. The quantitative estimate of drug-likeness (QED) is 0.744. The van der Waals surface area contributed by atoms with Gasteiger partial charge in [0.05, 0.1) is 12.4 Å². The van der Waals surface area contributed by atoms with Crippen molar-refractivity contribution in [3.63, 3.8) is 0 Å². The molecule has 0 spiro atoms. The first-order valence-corrected chi connectivity index (χ1v) is 3.64. The highest BCUT2D eigenvalue weighted by Gasteiger charge is 2.07. The van der Waals surface area contributed by atoms with Gasteiger partial charge in [0.1, 0.15) is 5.69 Å². The SMILES string of the molecule is Cc1c(-c2cn[nH]n2)cnn1C.Cl. The molecular weight excluding hydrogens is 190 g/mol. The Labute approximate surface area is 81.6 Å². The van der Waals surface area contributed by atoms with Gasteiger partial charge in [0, 0.05) is 18.3 Å². The number of H-pyrrole nitrogens is 1. The third kappa shape index (κ3) is 1.55. The van der Waals surface area contributed by atoms with Crippen molar-refractivity contribution in [2.75, 3.05) is 0 Å². The molecule has 13 heavy (non-hydrogen) atoms. The Kier molecular flexibility index (Phi) is 2.67. The van der Waals surface area contributed by atoms with E-state index < -0.39 is 0 Å². The van der Waals surface area contributed by atoms with E-state index in [-0.39, 0.29) is 12.4 Å². The van der Waals surface area contributed by atoms with Crippen LogP contribution in [-0.2, 0) is 7.05 Å². The maximum atomic E-state index is 4.11. The molecule has 70 valence electrons. The topological polar surface area (TPSA) is 59.4 Å². The van der Waals surface area contributed by atoms with Gasteiger partial charge in [-0.1, -0.05) is 0 Å². The van der Waals surface area contributed by atoms with Gasteiger partial charge in [-0.05, 0) is 6.92 Å². The molecule has 2 aromatic rings. The summed E-state index contributed by atoms with van der Waals surface area (Å²) >= 11 is 0. The first kappa shape index (κ1) is 9.73. The van der Waals surface area contributed by atoms with E-state index in [1.165, 1.54) is 0 Å². The van der Waals surface area contributed by atoms with Gasteiger partial charge >= 0.3 is 0 Å². The van der Waals surface area contributed by atoms with Crippen molar-refractivity contribution in [2.24, 2.45) is 7.05 Å². The summed E-state index contributed by atoms with van der Waals surface area (Å²) in [5.41, 5.74) is 2.94. The van der Waals surface area contributed by atoms with Gasteiger partial charge in [-0.3, -0.25) is 4.68 Å². The Balaban J connectivity index is 0.000000845. The van der Waals surface area contributed by atoms with Crippen molar-refractivity contribution < 1.29 is 0 Å². The number of aromatic nitrogens is 5. The number of rotatable bonds is 1. The van der Waals surface area contributed by atoms with Gasteiger partial charge in [0.25, 0.3) is 0 Å². The molecule has 0 atom stereocenters. The Bertz CT molecular complexity index is 377. The summed E-state index contributed by atoms with van der Waals surface area (Å²) in [4.78, 5) is 0. The number of aromatic amines is 1. The van der Waals surface area contributed by atoms with Crippen molar-refractivity contribution in [3.8, 4) is 11.3 Å². The van der Waals surface area contributed by atoms with Crippen LogP contribution in [-0.4, -0.2) is 25.2 Å². The summed E-state index contributed by atoms with van der Waals surface area (Å²) in [6.07, 6.45) is 3.47. The van der Waals surface area contributed by atoms with Crippen LogP contribution in [0.1, 0.15) is 5.69 Å². The predicted molar refractivity (Wildman–Crippen MR) is 50.6 cm³/mol. The second-order valence-corrected chi connectivity index (χ2v) is 2.62. The Morgan fingerprint density at radius 1 is 1.38 bits per heavy atom. The minimum atomic E-state index is 0. The summed E-state index contributed by atoms with van der Waals surface area (Å²) in [6.45, 7) is 2.00. The van der Waals surface area contributed by atoms with Crippen molar-refractivity contribution in [1.82, 2.24) is 25.2 Å². The molecule has 0 aromatic carbocycles. The van der Waals surface area contributed by atoms with E-state index in [1.807, 2.05) is 18.7 Å². The highest BCUT2D eigenvalue weighted by Crippen LogP contribution is 2.18. The van der Waals surface area contributed by atoms with Crippen LogP contribution in [0.4, 0.5) is 0 Å². The molecule has 5 nitrogen and oxygen atoms in total. The van der Waals surface area contributed by atoms with Gasteiger partial charge in [-0.25, -0.2) is 0 Å². The summed E-state index contributed by atoms with van der Waals surface area (Å²) in [5.74, 6) is 0. The van der Waals surface area contributed by atoms with Gasteiger partial charge in [-0.15, -0.1) is 12.4 Å². The predicted octanol–water partition coefficient (Wildman–Crippen LogP) is 0.935. The Morgan fingerprint density at radius 2 is 2.15 bits per heavy atom. The van der Waals surface area contributed by atoms with Crippen LogP contribution in [0.5, 0.6) is 0 Å². The smallest absolute Gasteiger partial charge is 0.116 e. The highest BCUT2D eigenvalue weighted by molar-refractivity contribution is 5.85. The first-order valence-electron chi connectivity index (χ1n) is 3.64. The molecule has 1 N–H and O–H groups in total. The monoisotopic (exact) mass is 199 g/mol. The fourth-order valence-electron chi connectivity index (χ4n) is 1.08. The Hall–Kier alpha value is -1.36. The van der Waals surface area contributed by atoms with Gasteiger partial charge in [0.2, 0.25) is 0 Å². The largest absolute Gasteiger partial charge is 0.272 e. The Morgan fingerprint density at radius 3 is 2.62 bits per heavy atom. The lowest BCUT2D eigenvalue weighted by atomic mass is 10.2. The summed E-state index contributed by atoms with van der Waals surface area (Å²) < 4.78 is 1.81. The van der Waals surface area contributed by atoms with Crippen molar-refractivity contribution in [3.05, 3.63) is 18.1 Å². The van der Waals surface area contributed by atoms with Crippen molar-refractivity contribution in [1.29, 1.82) is 0 Å². The molecule has 0 saturated heterocycles. The molecule has 2 rings (SSSR count). The van der Waals surface area contributed by atoms with E-state index in [9.17, 15) is 0 Å². The molecule has 0 amide bonds. The number of nitrogens with one attached hydrogen (secondary N) is 1. The van der Waals surface area contributed by atoms with Crippen LogP contribution in [0.25, 0.3) is 11.3 Å². The second-order valence-electron chi connectivity index (χ2n) is 2.62. The van der Waals surface area contributed by atoms with Crippen molar-refractivity contribution >= 4 is 12.4 Å². The third-order valence-electron chi connectivity index (χ3n) is 1.93. The second kappa shape index (κ2) is 3.57. The van der Waals surface area contributed by atoms with Crippen LogP contribution in [0.2, 0.25) is 0 Å². The van der Waals surface area contributed by atoms with Gasteiger partial charge < -0.3 is 0 Å². The van der Waals surface area contributed by atoms with Crippen LogP contribution in [0.3, 0.4) is 0 Å². The van der Waals surface area contributed by atoms with Crippen LogP contribution >= 0.6 is 12.4 Å². The van der Waals surface area contributed by atoms with E-state index in [0.717, 1.165) is 17.0 Å². The molecular formula is C7H10ClN5. The van der Waals surface area contributed by atoms with E-state index in [4.69, 9.17) is 0 Å². The number of hydrogen-bond donors (Lipinski definition) is 1. The number of nitrogens with zero attached hydrogens (tertiary/aromatic N) is 4. The van der Waals surface area contributed by atoms with E-state index in [1.54, 1.807) is 12.4 Å². The molecule has 0 aliphatic heterocycles. The molecule has 0 radical (unpaired) electrons. The fourth-order valence-corrected chi connectivity index (χ4v) is 1.08. The summed E-state index contributed by atoms with van der Waals surface area (Å²) in [5, 5.41) is 14.4. The normalized spacial score (nSPS) is 9.69. The molecule has 0 aliphatic carbocycles. The van der Waals surface area contributed by atoms with Crippen molar-refractivity contribution in [2.45, 2.75) is 6.92 Å². The molecule has 2 heterocycles. The lowest BCUT2D eigenvalue weighted by Crippen LogP contribution is -1.92. The molecule has 0 saturated carbocycles. The van der Waals surface area contributed by atoms with E-state index >= 15 is 0 Å². The minimum Gasteiger partial charge on any atom is -0.272 e. The third-order valence-corrected chi connectivity index (χ3v) is 1.93. The molecule has 2 aromatic heterocycles. The average molecular weight is 200 g/mol. The van der Waals surface area contributed by atoms with Crippen LogP contribution in [0.15, 0.2) is 12.4 Å². The molecule has 6 heteroatoms. The number of aryl methyl sites for hydroxylation is 1. The fraction of sp³-hybridized carbons (Fsp3) is 0.286. The van der Waals surface area contributed by atoms with Gasteiger partial charge in [0.15, 0.2) is 0 Å². The number of halogens is 1. The maximum absolute atomic E-state index is 4.11. The molecule has 0 fully saturated rings. The summed E-state index contributed by atoms with van der Waals surface area (Å²) in [6, 6.07) is 0. The maximum Gasteiger partial charge on any atom is 0.116 e. The highest BCUT2D eigenvalue weighted by atomic mass is 35.5. The minimum absolute atomic E-state index is 0. The number of hydrogen-bond acceptors (Lipinski definition) is 3.